The smallest absolute Gasteiger partial charge is 0.417 e. The van der Waals surface area contributed by atoms with E-state index in [1.165, 1.54) is 0 Å². The van der Waals surface area contributed by atoms with Gasteiger partial charge in [0.25, 0.3) is 0 Å². The van der Waals surface area contributed by atoms with Gasteiger partial charge in [-0.05, 0) is 6.07 Å². The number of nitrogens with zero attached hydrogens (tertiary/aromatic N) is 2. The molecule has 2 aromatic rings. The number of rotatable bonds is 2. The molecule has 0 atom stereocenters. The van der Waals surface area contributed by atoms with E-state index in [0.29, 0.717) is 6.29 Å². The van der Waals surface area contributed by atoms with E-state index < -0.39 is 11.7 Å². The summed E-state index contributed by atoms with van der Waals surface area (Å²) >= 11 is 0. The zero-order valence-electron chi connectivity index (χ0n) is 8.23. The molecule has 0 saturated carbocycles. The summed E-state index contributed by atoms with van der Waals surface area (Å²) < 4.78 is 42.8. The predicted octanol–water partition coefficient (Wildman–Crippen LogP) is 2.57. The van der Waals surface area contributed by atoms with Gasteiger partial charge in [-0.1, -0.05) is 0 Å². The normalized spacial score (nSPS) is 11.5. The first kappa shape index (κ1) is 11.3. The minimum absolute atomic E-state index is 0.142. The molecule has 4 nitrogen and oxygen atoms in total. The van der Waals surface area contributed by atoms with Crippen LogP contribution >= 0.6 is 0 Å². The molecule has 0 aliphatic rings. The van der Waals surface area contributed by atoms with E-state index in [4.69, 9.17) is 4.42 Å². The molecular weight excluding hydrogens is 237 g/mol. The zero-order chi connectivity index (χ0) is 12.5. The highest BCUT2D eigenvalue weighted by Gasteiger charge is 2.34. The molecule has 88 valence electrons. The van der Waals surface area contributed by atoms with E-state index in [1.54, 1.807) is 0 Å². The number of carbonyl (C=O) groups excluding carboxylic acids is 1. The molecule has 0 amide bonds. The number of carbonyl (C=O) groups is 1. The first-order chi connectivity index (χ1) is 8.02. The van der Waals surface area contributed by atoms with Crippen LogP contribution in [0.2, 0.25) is 0 Å². The van der Waals surface area contributed by atoms with Crippen LogP contribution < -0.4 is 0 Å². The van der Waals surface area contributed by atoms with Gasteiger partial charge in [0.05, 0.1) is 17.3 Å². The lowest BCUT2D eigenvalue weighted by molar-refractivity contribution is -0.137. The second-order valence-electron chi connectivity index (χ2n) is 3.10. The molecule has 0 aromatic carbocycles. The third-order valence-corrected chi connectivity index (χ3v) is 2.00. The third-order valence-electron chi connectivity index (χ3n) is 2.00. The molecule has 0 bridgehead atoms. The maximum absolute atomic E-state index is 12.7. The Labute approximate surface area is 93.1 Å². The quantitative estimate of drug-likeness (QED) is 0.759. The fourth-order valence-corrected chi connectivity index (χ4v) is 1.28. The van der Waals surface area contributed by atoms with Gasteiger partial charge in [-0.15, -0.1) is 0 Å². The Kier molecular flexibility index (Phi) is 2.66. The summed E-state index contributed by atoms with van der Waals surface area (Å²) in [5, 5.41) is 0. The lowest BCUT2D eigenvalue weighted by atomic mass is 10.1. The lowest BCUT2D eigenvalue weighted by Crippen LogP contribution is -2.07. The summed E-state index contributed by atoms with van der Waals surface area (Å²) in [7, 11) is 0. The summed E-state index contributed by atoms with van der Waals surface area (Å²) in [5.74, 6) is -0.426. The van der Waals surface area contributed by atoms with Gasteiger partial charge in [0.2, 0.25) is 5.89 Å². The van der Waals surface area contributed by atoms with Gasteiger partial charge in [0.15, 0.2) is 12.0 Å². The van der Waals surface area contributed by atoms with E-state index in [2.05, 4.69) is 9.97 Å². The number of aromatic nitrogens is 2. The minimum Gasteiger partial charge on any atom is -0.433 e. The van der Waals surface area contributed by atoms with Gasteiger partial charge in [0, 0.05) is 12.4 Å². The number of aldehydes is 1. The Morgan fingerprint density at radius 1 is 1.29 bits per heavy atom. The maximum Gasteiger partial charge on any atom is 0.417 e. The number of hydrogen-bond donors (Lipinski definition) is 0. The number of halogens is 3. The van der Waals surface area contributed by atoms with Gasteiger partial charge in [0.1, 0.15) is 0 Å². The molecule has 0 fully saturated rings. The number of pyridine rings is 1. The van der Waals surface area contributed by atoms with E-state index in [1.807, 2.05) is 0 Å². The van der Waals surface area contributed by atoms with Crippen LogP contribution in [0, 0.1) is 0 Å². The molecule has 0 aliphatic heterocycles. The molecule has 2 heterocycles. The number of alkyl halides is 3. The SMILES string of the molecule is O=Cc1cnc(-c2cnccc2C(F)(F)F)o1. The maximum atomic E-state index is 12.7. The van der Waals surface area contributed by atoms with Crippen molar-refractivity contribution in [1.29, 1.82) is 0 Å². The Hall–Kier alpha value is -2.18. The van der Waals surface area contributed by atoms with Crippen LogP contribution in [0.4, 0.5) is 13.2 Å². The summed E-state index contributed by atoms with van der Waals surface area (Å²) in [5.41, 5.74) is -1.21. The number of hydrogen-bond acceptors (Lipinski definition) is 4. The van der Waals surface area contributed by atoms with Crippen molar-refractivity contribution in [1.82, 2.24) is 9.97 Å². The topological polar surface area (TPSA) is 56.0 Å². The summed E-state index contributed by atoms with van der Waals surface area (Å²) in [6, 6.07) is 0.820. The Balaban J connectivity index is 2.55. The van der Waals surface area contributed by atoms with Crippen LogP contribution in [0.5, 0.6) is 0 Å². The van der Waals surface area contributed by atoms with Gasteiger partial charge in [-0.3, -0.25) is 9.78 Å². The van der Waals surface area contributed by atoms with Gasteiger partial charge in [-0.25, -0.2) is 4.98 Å². The third kappa shape index (κ3) is 2.17. The summed E-state index contributed by atoms with van der Waals surface area (Å²) in [6.45, 7) is 0. The Morgan fingerprint density at radius 2 is 2.06 bits per heavy atom. The van der Waals surface area contributed by atoms with Crippen molar-refractivity contribution in [2.75, 3.05) is 0 Å². The monoisotopic (exact) mass is 242 g/mol. The van der Waals surface area contributed by atoms with Gasteiger partial charge < -0.3 is 4.42 Å². The molecule has 7 heteroatoms. The molecule has 0 aliphatic carbocycles. The highest BCUT2D eigenvalue weighted by Crippen LogP contribution is 2.35. The predicted molar refractivity (Wildman–Crippen MR) is 50.1 cm³/mol. The van der Waals surface area contributed by atoms with Crippen LogP contribution in [-0.2, 0) is 6.18 Å². The van der Waals surface area contributed by atoms with Crippen molar-refractivity contribution >= 4 is 6.29 Å². The highest BCUT2D eigenvalue weighted by molar-refractivity contribution is 5.71. The Morgan fingerprint density at radius 3 is 2.65 bits per heavy atom. The van der Waals surface area contributed by atoms with Gasteiger partial charge in [-0.2, -0.15) is 13.2 Å². The fraction of sp³-hybridized carbons (Fsp3) is 0.100. The van der Waals surface area contributed by atoms with Crippen molar-refractivity contribution in [3.63, 3.8) is 0 Å². The van der Waals surface area contributed by atoms with Crippen LogP contribution in [0.15, 0.2) is 29.1 Å². The highest BCUT2D eigenvalue weighted by atomic mass is 19.4. The first-order valence-electron chi connectivity index (χ1n) is 4.45. The molecule has 0 saturated heterocycles. The molecule has 0 radical (unpaired) electrons. The fourth-order valence-electron chi connectivity index (χ4n) is 1.28. The van der Waals surface area contributed by atoms with Crippen molar-refractivity contribution in [3.8, 4) is 11.5 Å². The van der Waals surface area contributed by atoms with E-state index >= 15 is 0 Å². The molecular formula is C10H5F3N2O2. The van der Waals surface area contributed by atoms with Crippen LogP contribution in [0.1, 0.15) is 16.1 Å². The molecule has 2 aromatic heterocycles. The van der Waals surface area contributed by atoms with Crippen molar-refractivity contribution < 1.29 is 22.4 Å². The molecule has 0 N–H and O–H groups in total. The van der Waals surface area contributed by atoms with E-state index in [0.717, 1.165) is 24.7 Å². The second-order valence-corrected chi connectivity index (χ2v) is 3.10. The first-order valence-corrected chi connectivity index (χ1v) is 4.45. The minimum atomic E-state index is -4.53. The largest absolute Gasteiger partial charge is 0.433 e. The Bertz CT molecular complexity index is 548. The van der Waals surface area contributed by atoms with E-state index in [9.17, 15) is 18.0 Å². The molecule has 0 unspecified atom stereocenters. The van der Waals surface area contributed by atoms with Crippen molar-refractivity contribution in [3.05, 3.63) is 36.0 Å². The van der Waals surface area contributed by atoms with Crippen molar-refractivity contribution in [2.45, 2.75) is 6.18 Å². The zero-order valence-corrected chi connectivity index (χ0v) is 8.23. The van der Waals surface area contributed by atoms with Crippen LogP contribution in [0.25, 0.3) is 11.5 Å². The van der Waals surface area contributed by atoms with Gasteiger partial charge >= 0.3 is 6.18 Å². The average molecular weight is 242 g/mol. The van der Waals surface area contributed by atoms with Crippen LogP contribution in [0.3, 0.4) is 0 Å². The summed E-state index contributed by atoms with van der Waals surface area (Å²) in [6.07, 6.45) is -1.11. The van der Waals surface area contributed by atoms with Crippen LogP contribution in [-0.4, -0.2) is 16.3 Å². The lowest BCUT2D eigenvalue weighted by Gasteiger charge is -2.09. The average Bonchev–Trinajstić information content (AvgIpc) is 2.76. The standard InChI is InChI=1S/C10H5F3N2O2/c11-10(12,13)8-1-2-14-4-7(8)9-15-3-6(5-16)17-9/h1-5H. The molecule has 17 heavy (non-hydrogen) atoms. The molecule has 2 rings (SSSR count). The molecule has 0 spiro atoms. The number of oxazole rings is 1. The van der Waals surface area contributed by atoms with E-state index in [-0.39, 0.29) is 17.2 Å². The second kappa shape index (κ2) is 4.00. The van der Waals surface area contributed by atoms with Crippen molar-refractivity contribution in [2.24, 2.45) is 0 Å². The summed E-state index contributed by atoms with van der Waals surface area (Å²) in [4.78, 5) is 17.5.